The molecule has 0 aromatic heterocycles. The molecule has 1 aliphatic carbocycles. The van der Waals surface area contributed by atoms with E-state index in [0.29, 0.717) is 25.3 Å². The molecule has 3 N–H and O–H groups in total. The monoisotopic (exact) mass is 292 g/mol. The highest BCUT2D eigenvalue weighted by atomic mass is 16.2. The summed E-state index contributed by atoms with van der Waals surface area (Å²) in [6, 6.07) is 1.61. The van der Waals surface area contributed by atoms with E-state index in [0.717, 1.165) is 6.42 Å². The number of nitrogens with zero attached hydrogens (tertiary/aromatic N) is 2. The molecule has 2 rings (SSSR count). The van der Waals surface area contributed by atoms with E-state index in [4.69, 9.17) is 5.73 Å². The van der Waals surface area contributed by atoms with Gasteiger partial charge in [0.15, 0.2) is 0 Å². The van der Waals surface area contributed by atoms with Crippen molar-refractivity contribution in [3.8, 4) is 6.07 Å². The van der Waals surface area contributed by atoms with Crippen LogP contribution in [-0.4, -0.2) is 35.5 Å². The highest BCUT2D eigenvalue weighted by molar-refractivity contribution is 5.78. The van der Waals surface area contributed by atoms with Crippen LogP contribution in [-0.2, 0) is 4.79 Å². The van der Waals surface area contributed by atoms with E-state index >= 15 is 0 Å². The number of rotatable bonds is 4. The Kier molecular flexibility index (Phi) is 5.05. The van der Waals surface area contributed by atoms with Gasteiger partial charge in [0.05, 0.1) is 12.6 Å². The van der Waals surface area contributed by atoms with Crippen LogP contribution in [0, 0.1) is 17.2 Å². The van der Waals surface area contributed by atoms with Crippen molar-refractivity contribution in [3.63, 3.8) is 0 Å². The van der Waals surface area contributed by atoms with E-state index in [-0.39, 0.29) is 12.5 Å². The third-order valence-corrected chi connectivity index (χ3v) is 4.68. The number of primary amides is 1. The zero-order chi connectivity index (χ0) is 15.3. The maximum absolute atomic E-state index is 12.1. The topological polar surface area (TPSA) is 99.2 Å². The summed E-state index contributed by atoms with van der Waals surface area (Å²) in [6.45, 7) is 0.611. The summed E-state index contributed by atoms with van der Waals surface area (Å²) < 4.78 is 0. The number of nitriles is 1. The van der Waals surface area contributed by atoms with Crippen LogP contribution in [0.15, 0.2) is 0 Å². The molecule has 3 amide bonds. The Bertz CT molecular complexity index is 439. The molecular formula is C15H24N4O2. The molecule has 0 bridgehead atoms. The van der Waals surface area contributed by atoms with Crippen molar-refractivity contribution in [1.29, 1.82) is 5.26 Å². The van der Waals surface area contributed by atoms with E-state index in [1.54, 1.807) is 0 Å². The van der Waals surface area contributed by atoms with Gasteiger partial charge < -0.3 is 16.0 Å². The smallest absolute Gasteiger partial charge is 0.314 e. The normalized spacial score (nSPS) is 26.3. The number of urea groups is 1. The second-order valence-corrected chi connectivity index (χ2v) is 6.29. The van der Waals surface area contributed by atoms with Gasteiger partial charge in [-0.25, -0.2) is 4.79 Å². The molecule has 1 saturated heterocycles. The van der Waals surface area contributed by atoms with Crippen molar-refractivity contribution in [2.45, 2.75) is 56.9 Å². The SMILES string of the molecule is N#CC1(NC(=O)CCC2CCCCC2)CCN(C(N)=O)C1. The Morgan fingerprint density at radius 1 is 1.33 bits per heavy atom. The first-order valence-electron chi connectivity index (χ1n) is 7.81. The van der Waals surface area contributed by atoms with Gasteiger partial charge >= 0.3 is 6.03 Å². The lowest BCUT2D eigenvalue weighted by molar-refractivity contribution is -0.122. The van der Waals surface area contributed by atoms with Crippen LogP contribution in [0.2, 0.25) is 0 Å². The molecule has 6 heteroatoms. The number of likely N-dealkylation sites (tertiary alicyclic amines) is 1. The molecule has 6 nitrogen and oxygen atoms in total. The van der Waals surface area contributed by atoms with Crippen LogP contribution in [0.25, 0.3) is 0 Å². The first-order chi connectivity index (χ1) is 10.0. The van der Waals surface area contributed by atoms with Crippen molar-refractivity contribution in [3.05, 3.63) is 0 Å². The highest BCUT2D eigenvalue weighted by Crippen LogP contribution is 2.27. The summed E-state index contributed by atoms with van der Waals surface area (Å²) in [4.78, 5) is 24.6. The van der Waals surface area contributed by atoms with Crippen LogP contribution >= 0.6 is 0 Å². The Balaban J connectivity index is 1.80. The molecular weight excluding hydrogens is 268 g/mol. The van der Waals surface area contributed by atoms with Crippen LogP contribution in [0.1, 0.15) is 51.4 Å². The molecule has 1 saturated carbocycles. The first-order valence-corrected chi connectivity index (χ1v) is 7.81. The minimum Gasteiger partial charge on any atom is -0.351 e. The Morgan fingerprint density at radius 2 is 2.05 bits per heavy atom. The zero-order valence-corrected chi connectivity index (χ0v) is 12.4. The number of carbonyl (C=O) groups is 2. The minimum absolute atomic E-state index is 0.0894. The summed E-state index contributed by atoms with van der Waals surface area (Å²) in [5.41, 5.74) is 4.27. The maximum atomic E-state index is 12.1. The largest absolute Gasteiger partial charge is 0.351 e. The third kappa shape index (κ3) is 4.10. The second-order valence-electron chi connectivity index (χ2n) is 6.29. The van der Waals surface area contributed by atoms with Gasteiger partial charge in [0.25, 0.3) is 0 Å². The maximum Gasteiger partial charge on any atom is 0.314 e. The summed E-state index contributed by atoms with van der Waals surface area (Å²) in [6.07, 6.45) is 8.07. The van der Waals surface area contributed by atoms with Gasteiger partial charge in [0.2, 0.25) is 5.91 Å². The molecule has 116 valence electrons. The molecule has 21 heavy (non-hydrogen) atoms. The van der Waals surface area contributed by atoms with Gasteiger partial charge in [-0.2, -0.15) is 5.26 Å². The molecule has 1 atom stereocenters. The van der Waals surface area contributed by atoms with Crippen molar-refractivity contribution in [1.82, 2.24) is 10.2 Å². The lowest BCUT2D eigenvalue weighted by Gasteiger charge is -2.24. The Hall–Kier alpha value is -1.77. The van der Waals surface area contributed by atoms with Gasteiger partial charge in [-0.3, -0.25) is 4.79 Å². The van der Waals surface area contributed by atoms with Crippen molar-refractivity contribution in [2.24, 2.45) is 11.7 Å². The predicted molar refractivity (Wildman–Crippen MR) is 78.1 cm³/mol. The van der Waals surface area contributed by atoms with E-state index in [1.165, 1.54) is 37.0 Å². The molecule has 0 aromatic rings. The van der Waals surface area contributed by atoms with Gasteiger partial charge in [-0.15, -0.1) is 0 Å². The lowest BCUT2D eigenvalue weighted by atomic mass is 9.86. The summed E-state index contributed by atoms with van der Waals surface area (Å²) in [7, 11) is 0. The third-order valence-electron chi connectivity index (χ3n) is 4.68. The quantitative estimate of drug-likeness (QED) is 0.821. The number of carbonyl (C=O) groups excluding carboxylic acids is 2. The predicted octanol–water partition coefficient (Wildman–Crippen LogP) is 1.51. The molecule has 1 unspecified atom stereocenters. The fourth-order valence-electron chi connectivity index (χ4n) is 3.36. The fraction of sp³-hybridized carbons (Fsp3) is 0.800. The van der Waals surface area contributed by atoms with Crippen molar-refractivity contribution in [2.75, 3.05) is 13.1 Å². The molecule has 0 radical (unpaired) electrons. The number of amides is 3. The average molecular weight is 292 g/mol. The average Bonchev–Trinajstić information content (AvgIpc) is 2.91. The second kappa shape index (κ2) is 6.79. The summed E-state index contributed by atoms with van der Waals surface area (Å²) in [5.74, 6) is 0.557. The number of nitrogens with two attached hydrogens (primary N) is 1. The van der Waals surface area contributed by atoms with Crippen molar-refractivity contribution < 1.29 is 9.59 Å². The minimum atomic E-state index is -0.960. The first kappa shape index (κ1) is 15.6. The van der Waals surface area contributed by atoms with Gasteiger partial charge in [0, 0.05) is 19.4 Å². The highest BCUT2D eigenvalue weighted by Gasteiger charge is 2.41. The summed E-state index contributed by atoms with van der Waals surface area (Å²) >= 11 is 0. The Morgan fingerprint density at radius 3 is 2.62 bits per heavy atom. The number of hydrogen-bond acceptors (Lipinski definition) is 3. The number of nitrogens with one attached hydrogen (secondary N) is 1. The lowest BCUT2D eigenvalue weighted by Crippen LogP contribution is -2.50. The van der Waals surface area contributed by atoms with E-state index in [1.807, 2.05) is 0 Å². The molecule has 0 aromatic carbocycles. The van der Waals surface area contributed by atoms with Crippen molar-refractivity contribution >= 4 is 11.9 Å². The van der Waals surface area contributed by atoms with E-state index < -0.39 is 11.6 Å². The van der Waals surface area contributed by atoms with Crippen LogP contribution in [0.3, 0.4) is 0 Å². The van der Waals surface area contributed by atoms with Gasteiger partial charge in [-0.1, -0.05) is 32.1 Å². The van der Waals surface area contributed by atoms with Gasteiger partial charge in [-0.05, 0) is 12.3 Å². The molecule has 2 fully saturated rings. The number of hydrogen-bond donors (Lipinski definition) is 2. The molecule has 1 heterocycles. The van der Waals surface area contributed by atoms with Crippen LogP contribution in [0.5, 0.6) is 0 Å². The summed E-state index contributed by atoms with van der Waals surface area (Å²) in [5, 5.41) is 12.2. The Labute approximate surface area is 125 Å². The van der Waals surface area contributed by atoms with E-state index in [9.17, 15) is 14.9 Å². The van der Waals surface area contributed by atoms with E-state index in [2.05, 4.69) is 11.4 Å². The van der Waals surface area contributed by atoms with Crippen LogP contribution in [0.4, 0.5) is 4.79 Å². The van der Waals surface area contributed by atoms with Gasteiger partial charge in [0.1, 0.15) is 5.54 Å². The molecule has 0 spiro atoms. The fourth-order valence-corrected chi connectivity index (χ4v) is 3.36. The molecule has 1 aliphatic heterocycles. The zero-order valence-electron chi connectivity index (χ0n) is 12.4. The standard InChI is InChI=1S/C15H24N4O2/c16-10-15(8-9-19(11-15)14(17)21)18-13(20)7-6-12-4-2-1-3-5-12/h12H,1-9,11H2,(H2,17,21)(H,18,20). The molecule has 2 aliphatic rings. The van der Waals surface area contributed by atoms with Crippen LogP contribution < -0.4 is 11.1 Å².